The summed E-state index contributed by atoms with van der Waals surface area (Å²) in [5.41, 5.74) is 4.08. The van der Waals surface area contributed by atoms with E-state index in [2.05, 4.69) is 75.3 Å². The van der Waals surface area contributed by atoms with Crippen molar-refractivity contribution in [3.63, 3.8) is 0 Å². The van der Waals surface area contributed by atoms with Gasteiger partial charge in [-0.2, -0.15) is 0 Å². The predicted molar refractivity (Wildman–Crippen MR) is 107 cm³/mol. The third-order valence-corrected chi connectivity index (χ3v) is 5.95. The molecule has 24 heavy (non-hydrogen) atoms. The first-order valence-corrected chi connectivity index (χ1v) is 9.17. The molecule has 3 rings (SSSR count). The third kappa shape index (κ3) is 4.34. The normalized spacial score (nSPS) is 16.6. The first-order chi connectivity index (χ1) is 10.9. The van der Waals surface area contributed by atoms with Crippen LogP contribution in [0.4, 0.5) is 5.69 Å². The smallest absolute Gasteiger partial charge is 0.0961 e. The Morgan fingerprint density at radius 3 is 2.25 bits per heavy atom. The van der Waals surface area contributed by atoms with Crippen molar-refractivity contribution in [2.75, 3.05) is 45.2 Å². The van der Waals surface area contributed by atoms with Crippen molar-refractivity contribution in [3.8, 4) is 0 Å². The molecular weight excluding hydrogens is 312 g/mol. The molecule has 2 aromatic rings. The lowest BCUT2D eigenvalue weighted by Gasteiger charge is -2.40. The molecule has 1 saturated heterocycles. The largest absolute Gasteiger partial charge is 0.359 e. The molecule has 0 aliphatic carbocycles. The standard InChI is InChI=1S/C20H27N2S.CH4/c1-16-9-10-19(17(2)15-16)23-20-8-6-5-7-18(20)21-11-13-22(3,4)14-12-21;/h5-10,15H,11-14H2,1-4H3;1H4/q+1;. The Balaban J connectivity index is 0.00000208. The summed E-state index contributed by atoms with van der Waals surface area (Å²) in [7, 11) is 4.65. The summed E-state index contributed by atoms with van der Waals surface area (Å²) < 4.78 is 1.13. The lowest BCUT2D eigenvalue weighted by atomic mass is 10.2. The molecular formula is C21H31N2S+. The monoisotopic (exact) mass is 343 g/mol. The zero-order valence-corrected chi connectivity index (χ0v) is 15.5. The second-order valence-electron chi connectivity index (χ2n) is 7.21. The molecule has 1 aliphatic heterocycles. The van der Waals surface area contributed by atoms with Gasteiger partial charge in [0, 0.05) is 9.79 Å². The van der Waals surface area contributed by atoms with E-state index >= 15 is 0 Å². The van der Waals surface area contributed by atoms with Crippen LogP contribution < -0.4 is 4.90 Å². The van der Waals surface area contributed by atoms with Crippen LogP contribution in [0.5, 0.6) is 0 Å². The molecule has 3 heteroatoms. The molecule has 130 valence electrons. The fourth-order valence-corrected chi connectivity index (χ4v) is 4.13. The van der Waals surface area contributed by atoms with Gasteiger partial charge in [0.2, 0.25) is 0 Å². The predicted octanol–water partition coefficient (Wildman–Crippen LogP) is 4.99. The Labute approximate surface area is 152 Å². The molecule has 0 radical (unpaired) electrons. The summed E-state index contributed by atoms with van der Waals surface area (Å²) in [4.78, 5) is 5.28. The molecule has 0 atom stereocenters. The molecule has 0 saturated carbocycles. The number of anilines is 1. The number of nitrogens with zero attached hydrogens (tertiary/aromatic N) is 2. The Hall–Kier alpha value is -1.45. The van der Waals surface area contributed by atoms with Gasteiger partial charge < -0.3 is 9.38 Å². The first kappa shape index (κ1) is 18.9. The molecule has 0 amide bonds. The van der Waals surface area contributed by atoms with Crippen molar-refractivity contribution >= 4 is 17.4 Å². The number of para-hydroxylation sites is 1. The van der Waals surface area contributed by atoms with Gasteiger partial charge in [0.1, 0.15) is 0 Å². The van der Waals surface area contributed by atoms with E-state index in [-0.39, 0.29) is 7.43 Å². The Kier molecular flexibility index (Phi) is 6.00. The molecule has 0 unspecified atom stereocenters. The van der Waals surface area contributed by atoms with Crippen LogP contribution in [-0.2, 0) is 0 Å². The van der Waals surface area contributed by atoms with Gasteiger partial charge >= 0.3 is 0 Å². The van der Waals surface area contributed by atoms with Crippen molar-refractivity contribution in [1.82, 2.24) is 0 Å². The average Bonchev–Trinajstić information content (AvgIpc) is 2.51. The number of piperazine rings is 1. The Bertz CT molecular complexity index is 684. The molecule has 0 bridgehead atoms. The molecule has 0 spiro atoms. The summed E-state index contributed by atoms with van der Waals surface area (Å²) in [5.74, 6) is 0. The third-order valence-electron chi connectivity index (χ3n) is 4.71. The average molecular weight is 344 g/mol. The van der Waals surface area contributed by atoms with E-state index in [1.807, 2.05) is 11.8 Å². The van der Waals surface area contributed by atoms with Crippen LogP contribution in [0.1, 0.15) is 18.6 Å². The zero-order valence-electron chi connectivity index (χ0n) is 14.7. The van der Waals surface area contributed by atoms with Gasteiger partial charge in [-0.05, 0) is 37.6 Å². The van der Waals surface area contributed by atoms with Crippen molar-refractivity contribution in [2.24, 2.45) is 0 Å². The Morgan fingerprint density at radius 2 is 1.58 bits per heavy atom. The van der Waals surface area contributed by atoms with Gasteiger partial charge in [-0.3, -0.25) is 0 Å². The number of rotatable bonds is 3. The van der Waals surface area contributed by atoms with Gasteiger partial charge in [-0.25, -0.2) is 0 Å². The molecule has 1 fully saturated rings. The van der Waals surface area contributed by atoms with Crippen LogP contribution in [0.2, 0.25) is 0 Å². The van der Waals surface area contributed by atoms with Gasteiger partial charge in [0.15, 0.2) is 0 Å². The van der Waals surface area contributed by atoms with Crippen molar-refractivity contribution in [3.05, 3.63) is 53.6 Å². The van der Waals surface area contributed by atoms with Gasteiger partial charge in [-0.1, -0.05) is 49.0 Å². The van der Waals surface area contributed by atoms with E-state index in [0.717, 1.165) is 17.6 Å². The highest BCUT2D eigenvalue weighted by Gasteiger charge is 2.25. The number of hydrogen-bond donors (Lipinski definition) is 0. The minimum atomic E-state index is 0. The van der Waals surface area contributed by atoms with E-state index in [9.17, 15) is 0 Å². The van der Waals surface area contributed by atoms with E-state index in [4.69, 9.17) is 0 Å². The summed E-state index contributed by atoms with van der Waals surface area (Å²) in [6, 6.07) is 15.6. The fraction of sp³-hybridized carbons (Fsp3) is 0.429. The van der Waals surface area contributed by atoms with Crippen LogP contribution in [0.3, 0.4) is 0 Å². The SMILES string of the molecule is C.Cc1ccc(Sc2ccccc2N2CC[N+](C)(C)CC2)c(C)c1. The van der Waals surface area contributed by atoms with Crippen LogP contribution >= 0.6 is 11.8 Å². The van der Waals surface area contributed by atoms with Crippen LogP contribution in [0.15, 0.2) is 52.3 Å². The van der Waals surface area contributed by atoms with E-state index in [0.29, 0.717) is 0 Å². The highest BCUT2D eigenvalue weighted by Crippen LogP contribution is 2.37. The maximum absolute atomic E-state index is 2.55. The maximum atomic E-state index is 2.55. The zero-order chi connectivity index (χ0) is 16.4. The second-order valence-corrected chi connectivity index (χ2v) is 8.29. The number of aryl methyl sites for hydroxylation is 2. The van der Waals surface area contributed by atoms with E-state index < -0.39 is 0 Å². The second kappa shape index (κ2) is 7.62. The van der Waals surface area contributed by atoms with Gasteiger partial charge in [0.05, 0.1) is 46.0 Å². The number of likely N-dealkylation sites (N-methyl/N-ethyl adjacent to an activating group) is 1. The van der Waals surface area contributed by atoms with Crippen LogP contribution in [0.25, 0.3) is 0 Å². The molecule has 1 aliphatic rings. The highest BCUT2D eigenvalue weighted by atomic mass is 32.2. The van der Waals surface area contributed by atoms with E-state index in [1.54, 1.807) is 0 Å². The van der Waals surface area contributed by atoms with E-state index in [1.165, 1.54) is 39.7 Å². The molecule has 2 nitrogen and oxygen atoms in total. The van der Waals surface area contributed by atoms with Crippen LogP contribution in [0, 0.1) is 13.8 Å². The maximum Gasteiger partial charge on any atom is 0.0961 e. The fourth-order valence-electron chi connectivity index (χ4n) is 3.08. The van der Waals surface area contributed by atoms with Crippen molar-refractivity contribution in [1.29, 1.82) is 0 Å². The highest BCUT2D eigenvalue weighted by molar-refractivity contribution is 7.99. The number of hydrogen-bond acceptors (Lipinski definition) is 2. The summed E-state index contributed by atoms with van der Waals surface area (Å²) >= 11 is 1.90. The lowest BCUT2D eigenvalue weighted by molar-refractivity contribution is -0.890. The van der Waals surface area contributed by atoms with Crippen LogP contribution in [-0.4, -0.2) is 44.8 Å². The van der Waals surface area contributed by atoms with Gasteiger partial charge in [-0.15, -0.1) is 0 Å². The molecule has 2 aromatic carbocycles. The summed E-state index contributed by atoms with van der Waals surface area (Å²) in [6.07, 6.45) is 0. The minimum absolute atomic E-state index is 0. The molecule has 0 N–H and O–H groups in total. The first-order valence-electron chi connectivity index (χ1n) is 8.36. The Morgan fingerprint density at radius 1 is 0.917 bits per heavy atom. The topological polar surface area (TPSA) is 3.24 Å². The minimum Gasteiger partial charge on any atom is -0.359 e. The number of benzene rings is 2. The summed E-state index contributed by atoms with van der Waals surface area (Å²) in [5, 5.41) is 0. The molecule has 1 heterocycles. The quantitative estimate of drug-likeness (QED) is 0.723. The van der Waals surface area contributed by atoms with Gasteiger partial charge in [0.25, 0.3) is 0 Å². The number of quaternary nitrogens is 1. The molecule has 0 aromatic heterocycles. The van der Waals surface area contributed by atoms with Crippen molar-refractivity contribution in [2.45, 2.75) is 31.1 Å². The summed E-state index contributed by atoms with van der Waals surface area (Å²) in [6.45, 7) is 9.06. The van der Waals surface area contributed by atoms with Crippen molar-refractivity contribution < 1.29 is 4.48 Å². The lowest BCUT2D eigenvalue weighted by Crippen LogP contribution is -2.55.